The summed E-state index contributed by atoms with van der Waals surface area (Å²) in [5.74, 6) is -0.296. The average molecular weight is 280 g/mol. The van der Waals surface area contributed by atoms with Gasteiger partial charge in [0.25, 0.3) is 0 Å². The maximum absolute atomic E-state index is 11.0. The fraction of sp³-hybridized carbons (Fsp3) is 0.250. The predicted molar refractivity (Wildman–Crippen MR) is 72.3 cm³/mol. The van der Waals surface area contributed by atoms with Crippen LogP contribution in [-0.2, 0) is 5.75 Å². The largest absolute Gasteiger partial charge is 0.477 e. The molecule has 2 aromatic heterocycles. The van der Waals surface area contributed by atoms with Crippen molar-refractivity contribution in [2.75, 3.05) is 0 Å². The minimum atomic E-state index is -0.873. The average Bonchev–Trinajstić information content (AvgIpc) is 2.73. The smallest absolute Gasteiger partial charge is 0.346 e. The van der Waals surface area contributed by atoms with Gasteiger partial charge >= 0.3 is 5.97 Å². The molecular weight excluding hydrogens is 268 g/mol. The Labute approximate surface area is 113 Å². The molecule has 0 fully saturated rings. The Bertz CT molecular complexity index is 561. The zero-order chi connectivity index (χ0) is 13.1. The standard InChI is InChI=1S/C12H12N2O2S2/c1-7-5-8(2)14-12(13-7)18-6-9-3-4-17-10(9)11(15)16/h3-5H,6H2,1-2H3,(H,15,16). The molecule has 0 unspecified atom stereocenters. The van der Waals surface area contributed by atoms with Crippen molar-refractivity contribution >= 4 is 29.1 Å². The number of aryl methyl sites for hydroxylation is 2. The second-order valence-corrected chi connectivity index (χ2v) is 5.66. The molecule has 0 aliphatic heterocycles. The van der Waals surface area contributed by atoms with E-state index in [-0.39, 0.29) is 0 Å². The molecule has 6 heteroatoms. The molecule has 18 heavy (non-hydrogen) atoms. The third-order valence-corrected chi connectivity index (χ3v) is 4.10. The summed E-state index contributed by atoms with van der Waals surface area (Å²) < 4.78 is 0. The van der Waals surface area contributed by atoms with Crippen LogP contribution >= 0.6 is 23.1 Å². The predicted octanol–water partition coefficient (Wildman–Crippen LogP) is 3.15. The summed E-state index contributed by atoms with van der Waals surface area (Å²) in [6.07, 6.45) is 0. The Kier molecular flexibility index (Phi) is 3.98. The number of aromatic nitrogens is 2. The van der Waals surface area contributed by atoms with E-state index in [1.807, 2.05) is 26.0 Å². The van der Waals surface area contributed by atoms with Crippen LogP contribution in [0.3, 0.4) is 0 Å². The summed E-state index contributed by atoms with van der Waals surface area (Å²) in [6, 6.07) is 3.75. The number of thioether (sulfide) groups is 1. The summed E-state index contributed by atoms with van der Waals surface area (Å²) in [6.45, 7) is 3.85. The number of rotatable bonds is 4. The lowest BCUT2D eigenvalue weighted by Gasteiger charge is -2.02. The molecule has 0 spiro atoms. The number of carboxylic acids is 1. The zero-order valence-corrected chi connectivity index (χ0v) is 11.6. The van der Waals surface area contributed by atoms with Crippen molar-refractivity contribution in [3.8, 4) is 0 Å². The summed E-state index contributed by atoms with van der Waals surface area (Å²) in [4.78, 5) is 20.0. The molecule has 2 rings (SSSR count). The number of aromatic carboxylic acids is 1. The third kappa shape index (κ3) is 3.08. The molecule has 0 saturated heterocycles. The van der Waals surface area contributed by atoms with Crippen molar-refractivity contribution in [1.82, 2.24) is 9.97 Å². The van der Waals surface area contributed by atoms with E-state index in [0.29, 0.717) is 15.8 Å². The summed E-state index contributed by atoms with van der Waals surface area (Å²) in [7, 11) is 0. The number of carbonyl (C=O) groups is 1. The van der Waals surface area contributed by atoms with Gasteiger partial charge in [0, 0.05) is 17.1 Å². The summed E-state index contributed by atoms with van der Waals surface area (Å²) in [5, 5.41) is 11.5. The molecule has 2 aromatic rings. The normalized spacial score (nSPS) is 10.6. The fourth-order valence-corrected chi connectivity index (χ4v) is 3.33. The van der Waals surface area contributed by atoms with Gasteiger partial charge in [0.05, 0.1) is 0 Å². The Morgan fingerprint density at radius 2 is 2.06 bits per heavy atom. The van der Waals surface area contributed by atoms with Crippen molar-refractivity contribution in [3.63, 3.8) is 0 Å². The molecule has 2 heterocycles. The Morgan fingerprint density at radius 3 is 2.67 bits per heavy atom. The second kappa shape index (κ2) is 5.49. The fourth-order valence-electron chi connectivity index (χ4n) is 1.54. The van der Waals surface area contributed by atoms with Gasteiger partial charge in [-0.25, -0.2) is 14.8 Å². The molecule has 0 radical (unpaired) electrons. The Balaban J connectivity index is 2.11. The molecule has 0 aliphatic carbocycles. The van der Waals surface area contributed by atoms with Gasteiger partial charge in [-0.05, 0) is 36.9 Å². The lowest BCUT2D eigenvalue weighted by molar-refractivity contribution is 0.0701. The van der Waals surface area contributed by atoms with Crippen molar-refractivity contribution < 1.29 is 9.90 Å². The quantitative estimate of drug-likeness (QED) is 0.688. The van der Waals surface area contributed by atoms with Crippen molar-refractivity contribution in [1.29, 1.82) is 0 Å². The maximum atomic E-state index is 11.0. The first-order valence-electron chi connectivity index (χ1n) is 5.31. The van der Waals surface area contributed by atoms with Crippen molar-refractivity contribution in [3.05, 3.63) is 39.3 Å². The van der Waals surface area contributed by atoms with E-state index < -0.39 is 5.97 Å². The van der Waals surface area contributed by atoms with E-state index >= 15 is 0 Å². The number of thiophene rings is 1. The third-order valence-electron chi connectivity index (χ3n) is 2.26. The maximum Gasteiger partial charge on any atom is 0.346 e. The minimum Gasteiger partial charge on any atom is -0.477 e. The van der Waals surface area contributed by atoms with Crippen LogP contribution in [0.2, 0.25) is 0 Å². The molecule has 0 amide bonds. The Hall–Kier alpha value is -1.40. The van der Waals surface area contributed by atoms with Gasteiger partial charge in [-0.3, -0.25) is 0 Å². The van der Waals surface area contributed by atoms with Gasteiger partial charge in [0.2, 0.25) is 0 Å². The van der Waals surface area contributed by atoms with Crippen molar-refractivity contribution in [2.24, 2.45) is 0 Å². The number of hydrogen-bond acceptors (Lipinski definition) is 5. The van der Waals surface area contributed by atoms with Gasteiger partial charge < -0.3 is 5.11 Å². The molecule has 4 nitrogen and oxygen atoms in total. The SMILES string of the molecule is Cc1cc(C)nc(SCc2ccsc2C(=O)O)n1. The monoisotopic (exact) mass is 280 g/mol. The van der Waals surface area contributed by atoms with Gasteiger partial charge in [0.15, 0.2) is 5.16 Å². The van der Waals surface area contributed by atoms with Crippen LogP contribution in [0.5, 0.6) is 0 Å². The molecule has 1 N–H and O–H groups in total. The van der Waals surface area contributed by atoms with Gasteiger partial charge in [0.1, 0.15) is 4.88 Å². The highest BCUT2D eigenvalue weighted by Crippen LogP contribution is 2.25. The van der Waals surface area contributed by atoms with Crippen LogP contribution < -0.4 is 0 Å². The highest BCUT2D eigenvalue weighted by molar-refractivity contribution is 7.98. The van der Waals surface area contributed by atoms with E-state index in [4.69, 9.17) is 5.11 Å². The first-order chi connectivity index (χ1) is 8.56. The van der Waals surface area contributed by atoms with Crippen LogP contribution in [0.25, 0.3) is 0 Å². The molecule has 0 aliphatic rings. The zero-order valence-electron chi connectivity index (χ0n) is 10.0. The van der Waals surface area contributed by atoms with Gasteiger partial charge in [-0.2, -0.15) is 0 Å². The minimum absolute atomic E-state index is 0.395. The highest BCUT2D eigenvalue weighted by Gasteiger charge is 2.12. The van der Waals surface area contributed by atoms with E-state index in [2.05, 4.69) is 9.97 Å². The molecule has 0 saturated carbocycles. The van der Waals surface area contributed by atoms with Gasteiger partial charge in [-0.1, -0.05) is 11.8 Å². The Morgan fingerprint density at radius 1 is 1.39 bits per heavy atom. The van der Waals surface area contributed by atoms with E-state index in [9.17, 15) is 4.79 Å². The number of carboxylic acid groups (broad SMARTS) is 1. The summed E-state index contributed by atoms with van der Waals surface area (Å²) >= 11 is 2.70. The van der Waals surface area contributed by atoms with Crippen LogP contribution in [0, 0.1) is 13.8 Å². The van der Waals surface area contributed by atoms with Crippen LogP contribution in [0.15, 0.2) is 22.7 Å². The molecule has 0 atom stereocenters. The van der Waals surface area contributed by atoms with Crippen LogP contribution in [0.1, 0.15) is 26.6 Å². The van der Waals surface area contributed by atoms with Gasteiger partial charge in [-0.15, -0.1) is 11.3 Å². The molecular formula is C12H12N2O2S2. The summed E-state index contributed by atoms with van der Waals surface area (Å²) in [5.41, 5.74) is 2.67. The molecule has 0 bridgehead atoms. The van der Waals surface area contributed by atoms with Crippen molar-refractivity contribution in [2.45, 2.75) is 24.8 Å². The highest BCUT2D eigenvalue weighted by atomic mass is 32.2. The first-order valence-corrected chi connectivity index (χ1v) is 7.17. The van der Waals surface area contributed by atoms with E-state index in [0.717, 1.165) is 17.0 Å². The lowest BCUT2D eigenvalue weighted by atomic mass is 10.3. The van der Waals surface area contributed by atoms with E-state index in [1.54, 1.807) is 5.38 Å². The lowest BCUT2D eigenvalue weighted by Crippen LogP contribution is -1.97. The second-order valence-electron chi connectivity index (χ2n) is 3.80. The molecule has 0 aromatic carbocycles. The molecule has 94 valence electrons. The first kappa shape index (κ1) is 13.0. The topological polar surface area (TPSA) is 63.1 Å². The van der Waals surface area contributed by atoms with Crippen LogP contribution in [-0.4, -0.2) is 21.0 Å². The number of nitrogens with zero attached hydrogens (tertiary/aromatic N) is 2. The number of hydrogen-bond donors (Lipinski definition) is 1. The van der Waals surface area contributed by atoms with E-state index in [1.165, 1.54) is 23.1 Å². The van der Waals surface area contributed by atoms with Crippen LogP contribution in [0.4, 0.5) is 0 Å².